The molecule has 5 heteroatoms. The van der Waals surface area contributed by atoms with Gasteiger partial charge < -0.3 is 10.3 Å². The molecule has 1 aromatic carbocycles. The average Bonchev–Trinajstić information content (AvgIpc) is 3.03. The van der Waals surface area contributed by atoms with Crippen molar-refractivity contribution in [1.29, 1.82) is 0 Å². The minimum absolute atomic E-state index is 0.138. The Morgan fingerprint density at radius 3 is 2.76 bits per heavy atom. The van der Waals surface area contributed by atoms with Crippen LogP contribution < -0.4 is 5.32 Å². The summed E-state index contributed by atoms with van der Waals surface area (Å²) in [5.41, 5.74) is 2.21. The normalized spacial score (nSPS) is 11.8. The zero-order chi connectivity index (χ0) is 15.0. The number of para-hydroxylation sites is 1. The van der Waals surface area contributed by atoms with Gasteiger partial charge in [-0.3, -0.25) is 4.79 Å². The molecule has 0 saturated carbocycles. The lowest BCUT2D eigenvalue weighted by molar-refractivity contribution is 0.0915. The van der Waals surface area contributed by atoms with E-state index < -0.39 is 0 Å². The van der Waals surface area contributed by atoms with E-state index in [9.17, 15) is 4.79 Å². The predicted molar refractivity (Wildman–Crippen MR) is 86.6 cm³/mol. The number of nitrogens with one attached hydrogen (secondary N) is 2. The highest BCUT2D eigenvalue weighted by Gasteiger charge is 2.18. The van der Waals surface area contributed by atoms with Crippen LogP contribution in [0.2, 0.25) is 0 Å². The minimum atomic E-state index is -0.262. The number of benzene rings is 1. The number of hydrogen-bond donors (Lipinski definition) is 2. The Bertz CT molecular complexity index is 762. The van der Waals surface area contributed by atoms with Crippen LogP contribution in [0.4, 0.5) is 0 Å². The second-order valence-electron chi connectivity index (χ2n) is 6.01. The first-order valence-electron chi connectivity index (χ1n) is 6.78. The van der Waals surface area contributed by atoms with E-state index in [2.05, 4.69) is 27.4 Å². The van der Waals surface area contributed by atoms with Gasteiger partial charge in [-0.1, -0.05) is 18.2 Å². The highest BCUT2D eigenvalue weighted by atomic mass is 32.1. The Balaban J connectivity index is 1.89. The first-order valence-corrected chi connectivity index (χ1v) is 7.66. The second kappa shape index (κ2) is 5.00. The largest absolute Gasteiger partial charge is 0.353 e. The van der Waals surface area contributed by atoms with Gasteiger partial charge in [-0.05, 0) is 32.9 Å². The Kier molecular flexibility index (Phi) is 3.29. The summed E-state index contributed by atoms with van der Waals surface area (Å²) >= 11 is 1.47. The molecule has 0 bridgehead atoms. The smallest absolute Gasteiger partial charge is 0.271 e. The van der Waals surface area contributed by atoms with Gasteiger partial charge in [-0.2, -0.15) is 0 Å². The molecule has 2 heterocycles. The fraction of sp³-hybridized carbons (Fsp3) is 0.250. The van der Waals surface area contributed by atoms with Gasteiger partial charge in [0, 0.05) is 21.8 Å². The molecule has 0 saturated heterocycles. The number of aromatic nitrogens is 2. The number of carbonyl (C=O) groups excluding carboxylic acids is 1. The third-order valence-corrected chi connectivity index (χ3v) is 3.86. The monoisotopic (exact) mass is 299 g/mol. The molecule has 0 spiro atoms. The Labute approximate surface area is 127 Å². The van der Waals surface area contributed by atoms with Crippen LogP contribution in [0.3, 0.4) is 0 Å². The molecular formula is C16H17N3OS. The van der Waals surface area contributed by atoms with E-state index in [0.717, 1.165) is 21.6 Å². The molecule has 0 atom stereocenters. The number of amides is 1. The maximum atomic E-state index is 12.1. The van der Waals surface area contributed by atoms with Crippen LogP contribution >= 0.6 is 11.3 Å². The first-order chi connectivity index (χ1) is 9.92. The molecule has 0 fully saturated rings. The second-order valence-corrected chi connectivity index (χ2v) is 6.87. The summed E-state index contributed by atoms with van der Waals surface area (Å²) in [6.07, 6.45) is 0. The van der Waals surface area contributed by atoms with Gasteiger partial charge in [0.2, 0.25) is 0 Å². The summed E-state index contributed by atoms with van der Waals surface area (Å²) in [5.74, 6) is -0.138. The SMILES string of the molecule is CC(C)(C)NC(=O)c1csc(-c2cc3ccccc3[nH]2)n1. The van der Waals surface area contributed by atoms with Crippen molar-refractivity contribution in [1.82, 2.24) is 15.3 Å². The van der Waals surface area contributed by atoms with E-state index in [-0.39, 0.29) is 11.4 Å². The van der Waals surface area contributed by atoms with Crippen LogP contribution in [0.5, 0.6) is 0 Å². The van der Waals surface area contributed by atoms with Crippen molar-refractivity contribution in [2.45, 2.75) is 26.3 Å². The third-order valence-electron chi connectivity index (χ3n) is 2.99. The number of fused-ring (bicyclic) bond motifs is 1. The summed E-state index contributed by atoms with van der Waals surface area (Å²) < 4.78 is 0. The highest BCUT2D eigenvalue weighted by molar-refractivity contribution is 7.13. The van der Waals surface area contributed by atoms with Crippen molar-refractivity contribution in [3.05, 3.63) is 41.4 Å². The molecule has 0 aliphatic carbocycles. The van der Waals surface area contributed by atoms with Crippen LogP contribution in [0, 0.1) is 0 Å². The zero-order valence-electron chi connectivity index (χ0n) is 12.2. The molecule has 0 aliphatic heterocycles. The van der Waals surface area contributed by atoms with E-state index >= 15 is 0 Å². The summed E-state index contributed by atoms with van der Waals surface area (Å²) in [4.78, 5) is 19.9. The number of carbonyl (C=O) groups is 1. The molecule has 0 unspecified atom stereocenters. The van der Waals surface area contributed by atoms with E-state index in [0.29, 0.717) is 5.69 Å². The van der Waals surface area contributed by atoms with Gasteiger partial charge in [-0.15, -0.1) is 11.3 Å². The van der Waals surface area contributed by atoms with Crippen LogP contribution in [-0.2, 0) is 0 Å². The van der Waals surface area contributed by atoms with Gasteiger partial charge in [0.1, 0.15) is 10.7 Å². The topological polar surface area (TPSA) is 57.8 Å². The summed E-state index contributed by atoms with van der Waals surface area (Å²) in [6, 6.07) is 10.1. The standard InChI is InChI=1S/C16H17N3OS/c1-16(2,3)19-14(20)13-9-21-15(18-13)12-8-10-6-4-5-7-11(10)17-12/h4-9,17H,1-3H3,(H,19,20). The Morgan fingerprint density at radius 1 is 1.29 bits per heavy atom. The number of nitrogens with zero attached hydrogens (tertiary/aromatic N) is 1. The fourth-order valence-corrected chi connectivity index (χ4v) is 2.87. The van der Waals surface area contributed by atoms with Gasteiger partial charge in [0.05, 0.1) is 5.69 Å². The molecule has 2 N–H and O–H groups in total. The molecule has 21 heavy (non-hydrogen) atoms. The molecule has 4 nitrogen and oxygen atoms in total. The van der Waals surface area contributed by atoms with Crippen LogP contribution in [0.15, 0.2) is 35.7 Å². The lowest BCUT2D eigenvalue weighted by Gasteiger charge is -2.19. The van der Waals surface area contributed by atoms with Crippen molar-refractivity contribution < 1.29 is 4.79 Å². The molecule has 0 aliphatic rings. The van der Waals surface area contributed by atoms with E-state index in [1.165, 1.54) is 11.3 Å². The Hall–Kier alpha value is -2.14. The van der Waals surface area contributed by atoms with Crippen LogP contribution in [-0.4, -0.2) is 21.4 Å². The van der Waals surface area contributed by atoms with Crippen LogP contribution in [0.25, 0.3) is 21.6 Å². The summed E-state index contributed by atoms with van der Waals surface area (Å²) in [5, 5.41) is 6.68. The average molecular weight is 299 g/mol. The number of H-pyrrole nitrogens is 1. The number of aromatic amines is 1. The third kappa shape index (κ3) is 2.97. The molecule has 3 aromatic rings. The van der Waals surface area contributed by atoms with Crippen molar-refractivity contribution >= 4 is 28.1 Å². The molecule has 0 radical (unpaired) electrons. The molecule has 1 amide bonds. The van der Waals surface area contributed by atoms with Crippen molar-refractivity contribution in [2.75, 3.05) is 0 Å². The fourth-order valence-electron chi connectivity index (χ4n) is 2.09. The number of hydrogen-bond acceptors (Lipinski definition) is 3. The quantitative estimate of drug-likeness (QED) is 0.755. The molecule has 2 aromatic heterocycles. The minimum Gasteiger partial charge on any atom is -0.353 e. The zero-order valence-corrected chi connectivity index (χ0v) is 13.0. The lowest BCUT2D eigenvalue weighted by atomic mass is 10.1. The maximum Gasteiger partial charge on any atom is 0.271 e. The van der Waals surface area contributed by atoms with Gasteiger partial charge in [0.15, 0.2) is 0 Å². The van der Waals surface area contributed by atoms with Crippen LogP contribution in [0.1, 0.15) is 31.3 Å². The van der Waals surface area contributed by atoms with E-state index in [4.69, 9.17) is 0 Å². The summed E-state index contributed by atoms with van der Waals surface area (Å²) in [7, 11) is 0. The van der Waals surface area contributed by atoms with E-state index in [1.807, 2.05) is 39.0 Å². The lowest BCUT2D eigenvalue weighted by Crippen LogP contribution is -2.40. The molecular weight excluding hydrogens is 282 g/mol. The Morgan fingerprint density at radius 2 is 2.05 bits per heavy atom. The van der Waals surface area contributed by atoms with Crippen molar-refractivity contribution in [2.24, 2.45) is 0 Å². The molecule has 3 rings (SSSR count). The highest BCUT2D eigenvalue weighted by Crippen LogP contribution is 2.26. The van der Waals surface area contributed by atoms with Gasteiger partial charge in [0.25, 0.3) is 5.91 Å². The number of thiazole rings is 1. The van der Waals surface area contributed by atoms with Crippen molar-refractivity contribution in [3.63, 3.8) is 0 Å². The summed E-state index contributed by atoms with van der Waals surface area (Å²) in [6.45, 7) is 5.86. The predicted octanol–water partition coefficient (Wildman–Crippen LogP) is 3.82. The maximum absolute atomic E-state index is 12.1. The first kappa shape index (κ1) is 13.8. The van der Waals surface area contributed by atoms with Crippen molar-refractivity contribution in [3.8, 4) is 10.7 Å². The van der Waals surface area contributed by atoms with Gasteiger partial charge in [-0.25, -0.2) is 4.98 Å². The number of rotatable bonds is 2. The van der Waals surface area contributed by atoms with E-state index in [1.54, 1.807) is 5.38 Å². The van der Waals surface area contributed by atoms with Gasteiger partial charge >= 0.3 is 0 Å². The molecule has 108 valence electrons.